The zero-order valence-electron chi connectivity index (χ0n) is 19.3. The standard InChI is InChI=1S/C21H24O4.C6H6O3/c1-2-24-20(22)21(11-13-23-14-12-21)18-9-6-10-19(15-18)25-16-17-7-4-3-5-8-17;7-6(8)5-1-3-9-4-2-5/h3-10,15H,2,11-14,16H2,1H3;1-3H,4H2,(H,7,8). The summed E-state index contributed by atoms with van der Waals surface area (Å²) in [5, 5.41) is 8.36. The summed E-state index contributed by atoms with van der Waals surface area (Å²) >= 11 is 0. The predicted molar refractivity (Wildman–Crippen MR) is 126 cm³/mol. The smallest absolute Gasteiger partial charge is 0.335 e. The Kier molecular flexibility index (Phi) is 9.29. The third kappa shape index (κ3) is 6.71. The first kappa shape index (κ1) is 25.1. The zero-order chi connectivity index (χ0) is 24.2. The maximum absolute atomic E-state index is 12.7. The van der Waals surface area contributed by atoms with Crippen molar-refractivity contribution >= 4 is 11.9 Å². The Morgan fingerprint density at radius 1 is 1.06 bits per heavy atom. The number of rotatable bonds is 7. The highest BCUT2D eigenvalue weighted by atomic mass is 16.5. The lowest BCUT2D eigenvalue weighted by molar-refractivity contribution is -0.154. The molecule has 0 atom stereocenters. The van der Waals surface area contributed by atoms with Crippen LogP contribution in [0.1, 0.15) is 30.9 Å². The molecule has 0 saturated carbocycles. The molecule has 0 spiro atoms. The summed E-state index contributed by atoms with van der Waals surface area (Å²) in [5.74, 6) is -0.315. The van der Waals surface area contributed by atoms with Crippen molar-refractivity contribution in [3.05, 3.63) is 89.7 Å². The second-order valence-electron chi connectivity index (χ2n) is 7.82. The van der Waals surface area contributed by atoms with Crippen molar-refractivity contribution in [1.82, 2.24) is 0 Å². The Hall–Kier alpha value is -3.58. The minimum Gasteiger partial charge on any atom is -0.497 e. The van der Waals surface area contributed by atoms with Crippen molar-refractivity contribution in [2.45, 2.75) is 31.8 Å². The highest BCUT2D eigenvalue weighted by Gasteiger charge is 2.43. The van der Waals surface area contributed by atoms with Gasteiger partial charge in [0.1, 0.15) is 19.0 Å². The number of carboxylic acids is 1. The van der Waals surface area contributed by atoms with Gasteiger partial charge >= 0.3 is 11.9 Å². The van der Waals surface area contributed by atoms with Crippen molar-refractivity contribution in [3.8, 4) is 5.75 Å². The van der Waals surface area contributed by atoms with Gasteiger partial charge in [0.2, 0.25) is 0 Å². The monoisotopic (exact) mass is 466 g/mol. The molecule has 2 aromatic carbocycles. The lowest BCUT2D eigenvalue weighted by Crippen LogP contribution is -2.42. The summed E-state index contributed by atoms with van der Waals surface area (Å²) in [5.41, 5.74) is 1.71. The van der Waals surface area contributed by atoms with Gasteiger partial charge in [-0.3, -0.25) is 4.79 Å². The molecule has 0 bridgehead atoms. The summed E-state index contributed by atoms with van der Waals surface area (Å²) < 4.78 is 21.5. The molecule has 180 valence electrons. The van der Waals surface area contributed by atoms with E-state index in [4.69, 9.17) is 24.1 Å². The topological polar surface area (TPSA) is 91.3 Å². The van der Waals surface area contributed by atoms with E-state index in [1.807, 2.05) is 61.5 Å². The van der Waals surface area contributed by atoms with Gasteiger partial charge in [-0.1, -0.05) is 42.5 Å². The lowest BCUT2D eigenvalue weighted by Gasteiger charge is -2.35. The van der Waals surface area contributed by atoms with Gasteiger partial charge in [-0.05, 0) is 55.2 Å². The van der Waals surface area contributed by atoms with Gasteiger partial charge in [0.25, 0.3) is 0 Å². The van der Waals surface area contributed by atoms with Gasteiger partial charge in [0.05, 0.1) is 23.9 Å². The number of carboxylic acid groups (broad SMARTS) is 1. The molecule has 7 heteroatoms. The molecular formula is C27H30O7. The Morgan fingerprint density at radius 2 is 1.82 bits per heavy atom. The number of carbonyl (C=O) groups is 2. The maximum atomic E-state index is 12.7. The number of aliphatic carboxylic acids is 1. The van der Waals surface area contributed by atoms with Crippen molar-refractivity contribution in [2.24, 2.45) is 0 Å². The molecule has 4 rings (SSSR count). The minimum absolute atomic E-state index is 0.168. The van der Waals surface area contributed by atoms with Crippen molar-refractivity contribution in [2.75, 3.05) is 26.4 Å². The average Bonchev–Trinajstić information content (AvgIpc) is 2.90. The molecule has 1 N–H and O–H groups in total. The first-order valence-electron chi connectivity index (χ1n) is 11.3. The van der Waals surface area contributed by atoms with E-state index in [1.165, 1.54) is 18.4 Å². The summed E-state index contributed by atoms with van der Waals surface area (Å²) in [7, 11) is 0. The number of benzene rings is 2. The van der Waals surface area contributed by atoms with Crippen LogP contribution in [0.4, 0.5) is 0 Å². The Morgan fingerprint density at radius 3 is 2.44 bits per heavy atom. The SMILES string of the molecule is CCOC(=O)C1(c2cccc(OCc3ccccc3)c2)CCOCC1.O=C(O)C1=CCOC=C1. The number of hydrogen-bond donors (Lipinski definition) is 1. The summed E-state index contributed by atoms with van der Waals surface area (Å²) in [4.78, 5) is 22.9. The van der Waals surface area contributed by atoms with Crippen LogP contribution in [-0.2, 0) is 35.8 Å². The second kappa shape index (κ2) is 12.6. The third-order valence-electron chi connectivity index (χ3n) is 5.64. The normalized spacial score (nSPS) is 16.2. The molecular weight excluding hydrogens is 436 g/mol. The first-order valence-corrected chi connectivity index (χ1v) is 11.3. The van der Waals surface area contributed by atoms with E-state index in [2.05, 4.69) is 0 Å². The molecule has 7 nitrogen and oxygen atoms in total. The fraction of sp³-hybridized carbons (Fsp3) is 0.333. The van der Waals surface area contributed by atoms with E-state index in [1.54, 1.807) is 0 Å². The van der Waals surface area contributed by atoms with Gasteiger partial charge in [0.15, 0.2) is 0 Å². The lowest BCUT2D eigenvalue weighted by atomic mass is 9.74. The number of hydrogen-bond acceptors (Lipinski definition) is 6. The highest BCUT2D eigenvalue weighted by Crippen LogP contribution is 2.37. The van der Waals surface area contributed by atoms with Gasteiger partial charge in [-0.2, -0.15) is 0 Å². The Labute approximate surface area is 199 Å². The van der Waals surface area contributed by atoms with Gasteiger partial charge in [-0.25, -0.2) is 4.79 Å². The van der Waals surface area contributed by atoms with Crippen LogP contribution in [0.15, 0.2) is 78.6 Å². The van der Waals surface area contributed by atoms with E-state index in [0.29, 0.717) is 51.4 Å². The molecule has 0 unspecified atom stereocenters. The highest BCUT2D eigenvalue weighted by molar-refractivity contribution is 5.89. The van der Waals surface area contributed by atoms with Crippen LogP contribution in [0.25, 0.3) is 0 Å². The van der Waals surface area contributed by atoms with Crippen LogP contribution in [0.5, 0.6) is 5.75 Å². The van der Waals surface area contributed by atoms with Gasteiger partial charge in [-0.15, -0.1) is 0 Å². The number of carbonyl (C=O) groups excluding carboxylic acids is 1. The molecule has 0 aliphatic carbocycles. The van der Waals surface area contributed by atoms with Crippen LogP contribution >= 0.6 is 0 Å². The Bertz CT molecular complexity index is 1000. The van der Waals surface area contributed by atoms with Gasteiger partial charge < -0.3 is 24.1 Å². The fourth-order valence-electron chi connectivity index (χ4n) is 3.77. The molecule has 2 aliphatic heterocycles. The summed E-state index contributed by atoms with van der Waals surface area (Å²) in [6.07, 6.45) is 5.58. The van der Waals surface area contributed by atoms with E-state index in [-0.39, 0.29) is 5.97 Å². The average molecular weight is 467 g/mol. The van der Waals surface area contributed by atoms with Crippen LogP contribution in [0.2, 0.25) is 0 Å². The van der Waals surface area contributed by atoms with Crippen molar-refractivity contribution in [3.63, 3.8) is 0 Å². The molecule has 34 heavy (non-hydrogen) atoms. The first-order chi connectivity index (χ1) is 16.5. The minimum atomic E-state index is -0.908. The van der Waals surface area contributed by atoms with Crippen LogP contribution < -0.4 is 4.74 Å². The molecule has 2 aromatic rings. The van der Waals surface area contributed by atoms with Gasteiger partial charge in [0, 0.05) is 13.2 Å². The summed E-state index contributed by atoms with van der Waals surface area (Å²) in [6, 6.07) is 17.8. The van der Waals surface area contributed by atoms with Crippen LogP contribution in [-0.4, -0.2) is 43.5 Å². The molecule has 0 radical (unpaired) electrons. The fourth-order valence-corrected chi connectivity index (χ4v) is 3.77. The van der Waals surface area contributed by atoms with E-state index in [9.17, 15) is 9.59 Å². The van der Waals surface area contributed by atoms with Crippen molar-refractivity contribution < 1.29 is 33.6 Å². The summed E-state index contributed by atoms with van der Waals surface area (Å²) in [6.45, 7) is 4.20. The molecule has 2 heterocycles. The largest absolute Gasteiger partial charge is 0.497 e. The van der Waals surface area contributed by atoms with E-state index < -0.39 is 11.4 Å². The molecule has 0 amide bonds. The molecule has 0 aromatic heterocycles. The molecule has 2 aliphatic rings. The number of ether oxygens (including phenoxy) is 4. The van der Waals surface area contributed by atoms with Crippen LogP contribution in [0.3, 0.4) is 0 Å². The second-order valence-corrected chi connectivity index (χ2v) is 7.82. The quantitative estimate of drug-likeness (QED) is 0.604. The predicted octanol–water partition coefficient (Wildman–Crippen LogP) is 4.42. The Balaban J connectivity index is 0.000000302. The third-order valence-corrected chi connectivity index (χ3v) is 5.64. The van der Waals surface area contributed by atoms with E-state index >= 15 is 0 Å². The zero-order valence-corrected chi connectivity index (χ0v) is 19.3. The number of esters is 1. The van der Waals surface area contributed by atoms with E-state index in [0.717, 1.165) is 16.9 Å². The molecule has 1 fully saturated rings. The van der Waals surface area contributed by atoms with Crippen molar-refractivity contribution in [1.29, 1.82) is 0 Å². The van der Waals surface area contributed by atoms with Crippen LogP contribution in [0, 0.1) is 0 Å². The maximum Gasteiger partial charge on any atom is 0.335 e. The molecule has 1 saturated heterocycles.